The Kier molecular flexibility index (Phi) is 4.04. The number of fused-ring (bicyclic) bond motifs is 11. The van der Waals surface area contributed by atoms with Gasteiger partial charge in [0.1, 0.15) is 22.7 Å². The average Bonchev–Trinajstić information content (AvgIpc) is 3.21. The Labute approximate surface area is 216 Å². The molecule has 1 aliphatic carbocycles. The second-order valence-corrected chi connectivity index (χ2v) is 10.4. The summed E-state index contributed by atoms with van der Waals surface area (Å²) in [5, 5.41) is 2.16. The van der Waals surface area contributed by atoms with Gasteiger partial charge in [-0.1, -0.05) is 94.8 Å². The van der Waals surface area contributed by atoms with E-state index in [1.165, 1.54) is 22.3 Å². The molecule has 0 amide bonds. The van der Waals surface area contributed by atoms with E-state index in [2.05, 4.69) is 113 Å². The van der Waals surface area contributed by atoms with E-state index in [1.807, 2.05) is 18.2 Å². The van der Waals surface area contributed by atoms with Gasteiger partial charge >= 0.3 is 0 Å². The van der Waals surface area contributed by atoms with Crippen molar-refractivity contribution in [3.63, 3.8) is 0 Å². The molecule has 1 spiro atoms. The second kappa shape index (κ2) is 7.22. The minimum absolute atomic E-state index is 0.587. The first-order valence-corrected chi connectivity index (χ1v) is 12.8. The largest absolute Gasteiger partial charge is 0.457 e. The summed E-state index contributed by atoms with van der Waals surface area (Å²) in [5.74, 6) is 1.73. The van der Waals surface area contributed by atoms with Crippen molar-refractivity contribution < 1.29 is 9.15 Å². The lowest BCUT2D eigenvalue weighted by Crippen LogP contribution is -2.35. The third-order valence-electron chi connectivity index (χ3n) is 7.62. The predicted octanol–water partition coefficient (Wildman–Crippen LogP) is 9.32. The Balaban J connectivity index is 1.61. The Morgan fingerprint density at radius 3 is 2.19 bits per heavy atom. The minimum atomic E-state index is -0.587. The highest BCUT2D eigenvalue weighted by molar-refractivity contribution is 9.10. The first kappa shape index (κ1) is 20.1. The molecule has 0 bridgehead atoms. The molecule has 0 saturated heterocycles. The van der Waals surface area contributed by atoms with Gasteiger partial charge in [0.15, 0.2) is 0 Å². The van der Waals surface area contributed by atoms with Gasteiger partial charge in [-0.25, -0.2) is 0 Å². The van der Waals surface area contributed by atoms with E-state index < -0.39 is 5.41 Å². The van der Waals surface area contributed by atoms with E-state index in [0.29, 0.717) is 0 Å². The molecule has 5 aromatic carbocycles. The van der Waals surface area contributed by atoms with E-state index in [4.69, 9.17) is 9.15 Å². The highest BCUT2D eigenvalue weighted by Gasteiger charge is 2.48. The van der Waals surface area contributed by atoms with Gasteiger partial charge in [0.05, 0.1) is 5.41 Å². The number of hydrogen-bond acceptors (Lipinski definition) is 2. The zero-order chi connectivity index (χ0) is 23.9. The highest BCUT2D eigenvalue weighted by Crippen LogP contribution is 2.58. The van der Waals surface area contributed by atoms with Crippen LogP contribution in [0.1, 0.15) is 33.4 Å². The molecule has 1 unspecified atom stereocenters. The van der Waals surface area contributed by atoms with Crippen molar-refractivity contribution in [2.45, 2.75) is 5.41 Å². The second-order valence-electron chi connectivity index (χ2n) is 9.44. The van der Waals surface area contributed by atoms with Crippen LogP contribution in [0.25, 0.3) is 34.1 Å². The Hall–Kier alpha value is -4.08. The third-order valence-corrected chi connectivity index (χ3v) is 8.11. The van der Waals surface area contributed by atoms with Crippen LogP contribution in [0.15, 0.2) is 112 Å². The van der Waals surface area contributed by atoms with Gasteiger partial charge < -0.3 is 9.15 Å². The lowest BCUT2D eigenvalue weighted by atomic mass is 9.62. The van der Waals surface area contributed by atoms with Gasteiger partial charge in [-0.3, -0.25) is 0 Å². The molecule has 3 heteroatoms. The highest BCUT2D eigenvalue weighted by atomic mass is 79.9. The third kappa shape index (κ3) is 2.56. The predicted molar refractivity (Wildman–Crippen MR) is 149 cm³/mol. The lowest BCUT2D eigenvalue weighted by Gasteiger charge is -2.42. The smallest absolute Gasteiger partial charge is 0.136 e. The maximum absolute atomic E-state index is 6.66. The summed E-state index contributed by atoms with van der Waals surface area (Å²) in [7, 11) is 0. The van der Waals surface area contributed by atoms with Crippen LogP contribution < -0.4 is 4.74 Å². The van der Waals surface area contributed by atoms with Gasteiger partial charge in [-0.05, 0) is 58.7 Å². The topological polar surface area (TPSA) is 22.4 Å². The summed E-state index contributed by atoms with van der Waals surface area (Å²) < 4.78 is 14.1. The van der Waals surface area contributed by atoms with Crippen LogP contribution in [0.3, 0.4) is 0 Å². The van der Waals surface area contributed by atoms with Gasteiger partial charge in [0.25, 0.3) is 0 Å². The molecular formula is C33H19BrO2. The monoisotopic (exact) mass is 526 g/mol. The molecule has 2 nitrogen and oxygen atoms in total. The standard InChI is InChI=1S/C33H19BrO2/c34-22-16-15-21-14-13-20-7-1-3-9-25(20)33(27(21)17-22)26-10-4-6-12-30(26)36-32-18-24-23-8-2-5-11-29(23)35-31(24)19-28(32)33/h1-19H. The zero-order valence-electron chi connectivity index (χ0n) is 19.2. The molecular weight excluding hydrogens is 508 g/mol. The summed E-state index contributed by atoms with van der Waals surface area (Å²) in [5.41, 5.74) is 8.19. The van der Waals surface area contributed by atoms with Crippen molar-refractivity contribution in [2.24, 2.45) is 0 Å². The zero-order valence-corrected chi connectivity index (χ0v) is 20.8. The fourth-order valence-electron chi connectivity index (χ4n) is 6.15. The van der Waals surface area contributed by atoms with Crippen LogP contribution in [0.2, 0.25) is 0 Å². The number of halogens is 1. The van der Waals surface area contributed by atoms with Crippen molar-refractivity contribution in [1.82, 2.24) is 0 Å². The average molecular weight is 527 g/mol. The fourth-order valence-corrected chi connectivity index (χ4v) is 6.51. The van der Waals surface area contributed by atoms with E-state index >= 15 is 0 Å². The van der Waals surface area contributed by atoms with E-state index in [1.54, 1.807) is 0 Å². The summed E-state index contributed by atoms with van der Waals surface area (Å²) in [4.78, 5) is 0. The number of benzene rings is 5. The molecule has 0 radical (unpaired) electrons. The van der Waals surface area contributed by atoms with Crippen molar-refractivity contribution in [3.8, 4) is 11.5 Å². The Morgan fingerprint density at radius 1 is 0.528 bits per heavy atom. The summed E-state index contributed by atoms with van der Waals surface area (Å²) >= 11 is 3.77. The fraction of sp³-hybridized carbons (Fsp3) is 0.0303. The van der Waals surface area contributed by atoms with Crippen LogP contribution in [-0.2, 0) is 5.41 Å². The van der Waals surface area contributed by atoms with Crippen LogP contribution in [0.4, 0.5) is 0 Å². The Bertz CT molecular complexity index is 1890. The van der Waals surface area contributed by atoms with Crippen molar-refractivity contribution in [3.05, 3.63) is 141 Å². The first-order chi connectivity index (χ1) is 17.7. The van der Waals surface area contributed by atoms with Crippen LogP contribution in [-0.4, -0.2) is 0 Å². The number of ether oxygens (including phenoxy) is 1. The van der Waals surface area contributed by atoms with Gasteiger partial charge in [-0.15, -0.1) is 0 Å². The van der Waals surface area contributed by atoms with E-state index in [-0.39, 0.29) is 0 Å². The molecule has 2 heterocycles. The molecule has 2 aliphatic rings. The number of rotatable bonds is 0. The maximum atomic E-state index is 6.66. The molecule has 8 rings (SSSR count). The summed E-state index contributed by atoms with van der Waals surface area (Å²) in [6, 6.07) is 36.3. The van der Waals surface area contributed by atoms with Crippen molar-refractivity contribution in [2.75, 3.05) is 0 Å². The number of furan rings is 1. The summed E-state index contributed by atoms with van der Waals surface area (Å²) in [6.07, 6.45) is 4.46. The molecule has 0 saturated carbocycles. The van der Waals surface area contributed by atoms with E-state index in [9.17, 15) is 0 Å². The molecule has 0 N–H and O–H groups in total. The normalized spacial score (nSPS) is 17.2. The first-order valence-electron chi connectivity index (χ1n) is 12.0. The van der Waals surface area contributed by atoms with Crippen molar-refractivity contribution in [1.29, 1.82) is 0 Å². The number of para-hydroxylation sites is 2. The van der Waals surface area contributed by atoms with Crippen LogP contribution >= 0.6 is 15.9 Å². The molecule has 6 aromatic rings. The van der Waals surface area contributed by atoms with Gasteiger partial charge in [-0.2, -0.15) is 0 Å². The Morgan fingerprint density at radius 2 is 1.28 bits per heavy atom. The maximum Gasteiger partial charge on any atom is 0.136 e. The lowest BCUT2D eigenvalue weighted by molar-refractivity contribution is 0.435. The minimum Gasteiger partial charge on any atom is -0.457 e. The molecule has 170 valence electrons. The quantitative estimate of drug-likeness (QED) is 0.196. The number of hydrogen-bond donors (Lipinski definition) is 0. The molecule has 1 atom stereocenters. The summed E-state index contributed by atoms with van der Waals surface area (Å²) in [6.45, 7) is 0. The van der Waals surface area contributed by atoms with Gasteiger partial charge in [0.2, 0.25) is 0 Å². The van der Waals surface area contributed by atoms with Crippen LogP contribution in [0.5, 0.6) is 11.5 Å². The SMILES string of the molecule is Brc1ccc2c(c1)C1(c3ccccc3C=C2)c2ccccc2Oc2cc3c(cc21)oc1ccccc13. The molecule has 1 aliphatic heterocycles. The molecule has 36 heavy (non-hydrogen) atoms. The molecule has 1 aromatic heterocycles. The van der Waals surface area contributed by atoms with Crippen molar-refractivity contribution >= 4 is 50.0 Å². The van der Waals surface area contributed by atoms with Crippen LogP contribution in [0, 0.1) is 0 Å². The molecule has 0 fully saturated rings. The van der Waals surface area contributed by atoms with Gasteiger partial charge in [0, 0.05) is 26.4 Å². The van der Waals surface area contributed by atoms with E-state index in [0.717, 1.165) is 49.0 Å².